The predicted molar refractivity (Wildman–Crippen MR) is 115 cm³/mol. The highest BCUT2D eigenvalue weighted by molar-refractivity contribution is 5.71. The molecule has 2 aliphatic rings. The van der Waals surface area contributed by atoms with Crippen molar-refractivity contribution in [3.05, 3.63) is 29.6 Å². The fraction of sp³-hybridized carbons (Fsp3) is 0.682. The van der Waals surface area contributed by atoms with Crippen LogP contribution < -0.4 is 11.1 Å². The number of nitrogens with zero attached hydrogens (tertiary/aromatic N) is 2. The molecule has 8 nitrogen and oxygen atoms in total. The van der Waals surface area contributed by atoms with Gasteiger partial charge in [0, 0.05) is 39.1 Å². The number of carbonyl (C=O) groups excluding carboxylic acids is 2. The van der Waals surface area contributed by atoms with Crippen molar-refractivity contribution in [2.75, 3.05) is 33.4 Å². The van der Waals surface area contributed by atoms with Gasteiger partial charge >= 0.3 is 12.1 Å². The van der Waals surface area contributed by atoms with Crippen LogP contribution in [-0.2, 0) is 9.47 Å². The Morgan fingerprint density at radius 3 is 2.47 bits per heavy atom. The molecule has 3 amide bonds. The van der Waals surface area contributed by atoms with Crippen LogP contribution in [0, 0.1) is 25.2 Å². The zero-order valence-corrected chi connectivity index (χ0v) is 18.9. The van der Waals surface area contributed by atoms with E-state index in [-0.39, 0.29) is 11.5 Å². The average Bonchev–Trinajstić information content (AvgIpc) is 3.34. The monoisotopic (exact) mass is 420 g/mol. The van der Waals surface area contributed by atoms with Crippen LogP contribution in [0.15, 0.2) is 18.5 Å². The molecule has 2 heterocycles. The molecular weight excluding hydrogens is 384 g/mol. The quantitative estimate of drug-likeness (QED) is 0.761. The summed E-state index contributed by atoms with van der Waals surface area (Å²) in [7, 11) is 1.59. The molecule has 0 radical (unpaired) electrons. The van der Waals surface area contributed by atoms with Gasteiger partial charge in [0.1, 0.15) is 5.60 Å². The van der Waals surface area contributed by atoms with E-state index in [0.29, 0.717) is 32.2 Å². The molecule has 3 rings (SSSR count). The molecule has 1 aliphatic heterocycles. The third-order valence-electron chi connectivity index (χ3n) is 6.06. The van der Waals surface area contributed by atoms with Gasteiger partial charge in [0.2, 0.25) is 0 Å². The summed E-state index contributed by atoms with van der Waals surface area (Å²) in [5.41, 5.74) is 7.33. The highest BCUT2D eigenvalue weighted by Crippen LogP contribution is 2.59. The molecule has 1 aromatic heterocycles. The minimum atomic E-state index is -0.617. The molecule has 1 spiro atoms. The lowest BCUT2D eigenvalue weighted by Crippen LogP contribution is -2.44. The van der Waals surface area contributed by atoms with E-state index in [4.69, 9.17) is 15.2 Å². The maximum atomic E-state index is 12.2. The Morgan fingerprint density at radius 2 is 1.97 bits per heavy atom. The van der Waals surface area contributed by atoms with Crippen LogP contribution in [-0.4, -0.2) is 61.0 Å². The van der Waals surface area contributed by atoms with Crippen LogP contribution in [0.25, 0.3) is 0 Å². The smallest absolute Gasteiger partial charge is 0.410 e. The molecule has 3 N–H and O–H groups in total. The molecule has 0 bridgehead atoms. The molecule has 168 valence electrons. The van der Waals surface area contributed by atoms with E-state index >= 15 is 0 Å². The maximum absolute atomic E-state index is 12.2. The minimum absolute atomic E-state index is 0.274. The Hall–Kier alpha value is -2.35. The number of nitrogens with two attached hydrogens (primary N) is 1. The maximum Gasteiger partial charge on any atom is 0.410 e. The lowest BCUT2D eigenvalue weighted by molar-refractivity contribution is -0.0364. The summed E-state index contributed by atoms with van der Waals surface area (Å²) in [4.78, 5) is 28.7. The number of primary amides is 1. The SMILES string of the molecule is COCC(C)(C)OC(=O)N1CCC2(CC1)CC2CNC(N)=O.Cc1ccncc1C. The second-order valence-electron chi connectivity index (χ2n) is 9.02. The molecule has 1 saturated heterocycles. The highest BCUT2D eigenvalue weighted by atomic mass is 16.6. The molecule has 8 heteroatoms. The molecule has 1 aromatic rings. The third-order valence-corrected chi connectivity index (χ3v) is 6.06. The molecule has 1 atom stereocenters. The van der Waals surface area contributed by atoms with E-state index in [2.05, 4.69) is 24.1 Å². The summed E-state index contributed by atoms with van der Waals surface area (Å²) in [5, 5.41) is 2.68. The first-order chi connectivity index (χ1) is 14.1. The number of likely N-dealkylation sites (tertiary alicyclic amines) is 1. The van der Waals surface area contributed by atoms with Gasteiger partial charge in [-0.05, 0) is 75.5 Å². The molecule has 2 fully saturated rings. The third kappa shape index (κ3) is 6.86. The van der Waals surface area contributed by atoms with Crippen LogP contribution in [0.1, 0.15) is 44.2 Å². The second kappa shape index (κ2) is 10.1. The van der Waals surface area contributed by atoms with Crippen molar-refractivity contribution in [3.8, 4) is 0 Å². The summed E-state index contributed by atoms with van der Waals surface area (Å²) in [6.45, 7) is 10.2. The van der Waals surface area contributed by atoms with Crippen molar-refractivity contribution >= 4 is 12.1 Å². The van der Waals surface area contributed by atoms with Crippen LogP contribution >= 0.6 is 0 Å². The fourth-order valence-corrected chi connectivity index (χ4v) is 3.91. The lowest BCUT2D eigenvalue weighted by atomic mass is 9.91. The summed E-state index contributed by atoms with van der Waals surface area (Å²) < 4.78 is 10.6. The average molecular weight is 421 g/mol. The number of urea groups is 1. The lowest BCUT2D eigenvalue weighted by Gasteiger charge is -2.35. The zero-order chi connectivity index (χ0) is 22.4. The van der Waals surface area contributed by atoms with Crippen molar-refractivity contribution in [1.29, 1.82) is 0 Å². The standard InChI is InChI=1S/C15H27N3O4.C7H9N/c1-14(2,10-21-3)22-13(20)18-6-4-15(5-7-18)8-11(15)9-17-12(16)19;1-6-3-4-8-5-7(6)2/h11H,4-10H2,1-3H3,(H3,16,17,19);3-5H,1-2H3. The molecular formula is C22H36N4O4. The van der Waals surface area contributed by atoms with Gasteiger partial charge in [-0.25, -0.2) is 9.59 Å². The topological polar surface area (TPSA) is 107 Å². The van der Waals surface area contributed by atoms with Gasteiger partial charge < -0.3 is 25.4 Å². The Labute approximate surface area is 179 Å². The first-order valence-corrected chi connectivity index (χ1v) is 10.5. The van der Waals surface area contributed by atoms with Crippen molar-refractivity contribution in [2.24, 2.45) is 17.1 Å². The number of hydrogen-bond acceptors (Lipinski definition) is 5. The number of methoxy groups -OCH3 is 1. The number of amides is 3. The molecule has 1 unspecified atom stereocenters. The number of hydrogen-bond donors (Lipinski definition) is 2. The van der Waals surface area contributed by atoms with Gasteiger partial charge in [-0.3, -0.25) is 4.98 Å². The van der Waals surface area contributed by atoms with Crippen LogP contribution in [0.4, 0.5) is 9.59 Å². The first kappa shape index (κ1) is 23.9. The van der Waals surface area contributed by atoms with Crippen molar-refractivity contribution in [3.63, 3.8) is 0 Å². The number of ether oxygens (including phenoxy) is 2. The normalized spacial score (nSPS) is 19.5. The Bertz CT molecular complexity index is 709. The van der Waals surface area contributed by atoms with E-state index in [1.165, 1.54) is 11.1 Å². The van der Waals surface area contributed by atoms with E-state index in [9.17, 15) is 9.59 Å². The van der Waals surface area contributed by atoms with Gasteiger partial charge in [-0.2, -0.15) is 0 Å². The first-order valence-electron chi connectivity index (χ1n) is 10.5. The summed E-state index contributed by atoms with van der Waals surface area (Å²) in [6.07, 6.45) is 6.42. The van der Waals surface area contributed by atoms with E-state index in [1.807, 2.05) is 32.3 Å². The number of aryl methyl sites for hydroxylation is 2. The molecule has 30 heavy (non-hydrogen) atoms. The van der Waals surface area contributed by atoms with Crippen LogP contribution in [0.5, 0.6) is 0 Å². The van der Waals surface area contributed by atoms with Gasteiger partial charge in [0.25, 0.3) is 0 Å². The van der Waals surface area contributed by atoms with E-state index in [1.54, 1.807) is 12.0 Å². The minimum Gasteiger partial charge on any atom is -0.441 e. The van der Waals surface area contributed by atoms with E-state index < -0.39 is 11.6 Å². The molecule has 0 aromatic carbocycles. The van der Waals surface area contributed by atoms with Gasteiger partial charge in [-0.15, -0.1) is 0 Å². The number of nitrogens with one attached hydrogen (secondary N) is 1. The van der Waals surface area contributed by atoms with Gasteiger partial charge in [-0.1, -0.05) is 0 Å². The van der Waals surface area contributed by atoms with Gasteiger partial charge in [0.05, 0.1) is 6.61 Å². The molecule has 1 saturated carbocycles. The number of carbonyl (C=O) groups is 2. The molecule has 1 aliphatic carbocycles. The van der Waals surface area contributed by atoms with Gasteiger partial charge in [0.15, 0.2) is 0 Å². The summed E-state index contributed by atoms with van der Waals surface area (Å²) in [5.74, 6) is 0.489. The Balaban J connectivity index is 0.000000335. The van der Waals surface area contributed by atoms with Crippen LogP contribution in [0.2, 0.25) is 0 Å². The number of pyridine rings is 1. The largest absolute Gasteiger partial charge is 0.441 e. The number of piperidine rings is 1. The Kier molecular flexibility index (Phi) is 8.06. The zero-order valence-electron chi connectivity index (χ0n) is 18.9. The van der Waals surface area contributed by atoms with E-state index in [0.717, 1.165) is 19.3 Å². The highest BCUT2D eigenvalue weighted by Gasteiger charge is 2.55. The van der Waals surface area contributed by atoms with Crippen molar-refractivity contribution in [2.45, 2.75) is 52.6 Å². The fourth-order valence-electron chi connectivity index (χ4n) is 3.91. The summed E-state index contributed by atoms with van der Waals surface area (Å²) >= 11 is 0. The number of aromatic nitrogens is 1. The number of rotatable bonds is 5. The summed E-state index contributed by atoms with van der Waals surface area (Å²) in [6, 6.07) is 1.54. The van der Waals surface area contributed by atoms with Crippen LogP contribution in [0.3, 0.4) is 0 Å². The Morgan fingerprint density at radius 1 is 1.30 bits per heavy atom. The van der Waals surface area contributed by atoms with Crippen molar-refractivity contribution in [1.82, 2.24) is 15.2 Å². The van der Waals surface area contributed by atoms with Crippen molar-refractivity contribution < 1.29 is 19.1 Å². The predicted octanol–water partition coefficient (Wildman–Crippen LogP) is 3.02. The second-order valence-corrected chi connectivity index (χ2v) is 9.02.